The first-order valence-electron chi connectivity index (χ1n) is 7.15. The van der Waals surface area contributed by atoms with Gasteiger partial charge in [0.05, 0.1) is 18.8 Å². The summed E-state index contributed by atoms with van der Waals surface area (Å²) < 4.78 is 1.17. The molecule has 0 aromatic heterocycles. The second kappa shape index (κ2) is 6.91. The van der Waals surface area contributed by atoms with Crippen molar-refractivity contribution in [1.29, 1.82) is 0 Å². The minimum atomic E-state index is -0.00974. The lowest BCUT2D eigenvalue weighted by molar-refractivity contribution is -0.128. The van der Waals surface area contributed by atoms with E-state index in [-0.39, 0.29) is 12.5 Å². The maximum atomic E-state index is 12.2. The quantitative estimate of drug-likeness (QED) is 0.794. The van der Waals surface area contributed by atoms with Crippen LogP contribution in [-0.4, -0.2) is 29.7 Å². The SMILES string of the molecule is O=C(CNc1ccc(I)cc1)N1CCC(c2ccccc2)=N1. The van der Waals surface area contributed by atoms with Gasteiger partial charge in [-0.15, -0.1) is 0 Å². The van der Waals surface area contributed by atoms with Gasteiger partial charge in [0, 0.05) is 15.7 Å². The molecule has 1 aliphatic rings. The standard InChI is InChI=1S/C17H16IN3O/c18-14-6-8-15(9-7-14)19-12-17(22)21-11-10-16(20-21)13-4-2-1-3-5-13/h1-9,19H,10-12H2. The molecular weight excluding hydrogens is 389 g/mol. The molecule has 1 heterocycles. The first-order valence-corrected chi connectivity index (χ1v) is 8.23. The third kappa shape index (κ3) is 3.65. The van der Waals surface area contributed by atoms with Crippen LogP contribution >= 0.6 is 22.6 Å². The zero-order valence-corrected chi connectivity index (χ0v) is 14.2. The molecule has 0 saturated heterocycles. The maximum absolute atomic E-state index is 12.2. The van der Waals surface area contributed by atoms with Crippen molar-refractivity contribution in [2.75, 3.05) is 18.4 Å². The molecule has 5 heteroatoms. The Kier molecular flexibility index (Phi) is 4.72. The van der Waals surface area contributed by atoms with Crippen LogP contribution in [0.2, 0.25) is 0 Å². The molecule has 0 radical (unpaired) electrons. The number of hydrazone groups is 1. The largest absolute Gasteiger partial charge is 0.376 e. The van der Waals surface area contributed by atoms with Gasteiger partial charge in [0.1, 0.15) is 0 Å². The summed E-state index contributed by atoms with van der Waals surface area (Å²) in [6.07, 6.45) is 0.805. The summed E-state index contributed by atoms with van der Waals surface area (Å²) in [6, 6.07) is 18.0. The zero-order chi connectivity index (χ0) is 15.4. The number of hydrogen-bond acceptors (Lipinski definition) is 3. The fourth-order valence-corrected chi connectivity index (χ4v) is 2.67. The Morgan fingerprint density at radius 2 is 1.86 bits per heavy atom. The van der Waals surface area contributed by atoms with E-state index in [2.05, 4.69) is 33.0 Å². The Labute approximate surface area is 143 Å². The molecule has 112 valence electrons. The van der Waals surface area contributed by atoms with Gasteiger partial charge in [0.25, 0.3) is 5.91 Å². The highest BCUT2D eigenvalue weighted by Gasteiger charge is 2.20. The van der Waals surface area contributed by atoms with Crippen LogP contribution in [0.1, 0.15) is 12.0 Å². The Morgan fingerprint density at radius 3 is 2.59 bits per heavy atom. The predicted octanol–water partition coefficient (Wildman–Crippen LogP) is 3.34. The van der Waals surface area contributed by atoms with Crippen LogP contribution in [0.5, 0.6) is 0 Å². The molecule has 2 aromatic rings. The molecule has 4 nitrogen and oxygen atoms in total. The third-order valence-electron chi connectivity index (χ3n) is 3.48. The lowest BCUT2D eigenvalue weighted by Crippen LogP contribution is -2.29. The van der Waals surface area contributed by atoms with Crippen molar-refractivity contribution >= 4 is 39.9 Å². The van der Waals surface area contributed by atoms with Crippen molar-refractivity contribution in [3.63, 3.8) is 0 Å². The number of halogens is 1. The normalized spacial score (nSPS) is 13.9. The van der Waals surface area contributed by atoms with E-state index in [0.717, 1.165) is 23.4 Å². The summed E-state index contributed by atoms with van der Waals surface area (Å²) >= 11 is 2.26. The van der Waals surface area contributed by atoms with Gasteiger partial charge in [-0.2, -0.15) is 5.10 Å². The van der Waals surface area contributed by atoms with E-state index in [1.165, 1.54) is 3.57 Å². The highest BCUT2D eigenvalue weighted by atomic mass is 127. The Balaban J connectivity index is 1.59. The van der Waals surface area contributed by atoms with Crippen LogP contribution in [0.25, 0.3) is 0 Å². The first-order chi connectivity index (χ1) is 10.7. The second-order valence-electron chi connectivity index (χ2n) is 5.04. The van der Waals surface area contributed by atoms with E-state index >= 15 is 0 Å². The summed E-state index contributed by atoms with van der Waals surface area (Å²) in [4.78, 5) is 12.2. The van der Waals surface area contributed by atoms with Crippen LogP contribution in [-0.2, 0) is 4.79 Å². The van der Waals surface area contributed by atoms with E-state index in [9.17, 15) is 4.79 Å². The number of nitrogens with one attached hydrogen (secondary N) is 1. The van der Waals surface area contributed by atoms with Crippen molar-refractivity contribution < 1.29 is 4.79 Å². The summed E-state index contributed by atoms with van der Waals surface area (Å²) in [5, 5.41) is 9.14. The van der Waals surface area contributed by atoms with E-state index in [1.807, 2.05) is 54.6 Å². The molecule has 1 amide bonds. The van der Waals surface area contributed by atoms with Gasteiger partial charge in [0.2, 0.25) is 0 Å². The third-order valence-corrected chi connectivity index (χ3v) is 4.20. The van der Waals surface area contributed by atoms with Gasteiger partial charge >= 0.3 is 0 Å². The molecule has 0 fully saturated rings. The second-order valence-corrected chi connectivity index (χ2v) is 6.29. The summed E-state index contributed by atoms with van der Waals surface area (Å²) in [5.74, 6) is -0.00974. The molecule has 0 saturated carbocycles. The summed E-state index contributed by atoms with van der Waals surface area (Å²) in [6.45, 7) is 0.906. The molecule has 3 rings (SSSR count). The number of carbonyl (C=O) groups is 1. The average Bonchev–Trinajstić information content (AvgIpc) is 3.05. The van der Waals surface area contributed by atoms with E-state index in [4.69, 9.17) is 0 Å². The van der Waals surface area contributed by atoms with Crippen LogP contribution in [0, 0.1) is 3.57 Å². The molecular formula is C17H16IN3O. The van der Waals surface area contributed by atoms with Crippen molar-refractivity contribution in [2.24, 2.45) is 5.10 Å². The highest BCUT2D eigenvalue weighted by Crippen LogP contribution is 2.14. The van der Waals surface area contributed by atoms with E-state index < -0.39 is 0 Å². The van der Waals surface area contributed by atoms with Crippen molar-refractivity contribution in [1.82, 2.24) is 5.01 Å². The Morgan fingerprint density at radius 1 is 1.14 bits per heavy atom. The molecule has 2 aromatic carbocycles. The highest BCUT2D eigenvalue weighted by molar-refractivity contribution is 14.1. The first kappa shape index (κ1) is 15.0. The van der Waals surface area contributed by atoms with Gasteiger partial charge in [-0.25, -0.2) is 5.01 Å². The number of amides is 1. The maximum Gasteiger partial charge on any atom is 0.261 e. The summed E-state index contributed by atoms with van der Waals surface area (Å²) in [5.41, 5.74) is 3.01. The average molecular weight is 405 g/mol. The predicted molar refractivity (Wildman–Crippen MR) is 97.0 cm³/mol. The lowest BCUT2D eigenvalue weighted by Gasteiger charge is -2.12. The number of rotatable bonds is 4. The Hall–Kier alpha value is -1.89. The molecule has 0 atom stereocenters. The van der Waals surface area contributed by atoms with Crippen LogP contribution in [0.4, 0.5) is 5.69 Å². The summed E-state index contributed by atoms with van der Waals surface area (Å²) in [7, 11) is 0. The number of nitrogens with zero attached hydrogens (tertiary/aromatic N) is 2. The van der Waals surface area contributed by atoms with Gasteiger partial charge in [-0.1, -0.05) is 30.3 Å². The van der Waals surface area contributed by atoms with Crippen molar-refractivity contribution in [3.8, 4) is 0 Å². The smallest absolute Gasteiger partial charge is 0.261 e. The molecule has 0 aliphatic carbocycles. The molecule has 0 unspecified atom stereocenters. The van der Waals surface area contributed by atoms with Gasteiger partial charge in [-0.3, -0.25) is 4.79 Å². The molecule has 1 N–H and O–H groups in total. The molecule has 0 bridgehead atoms. The van der Waals surface area contributed by atoms with Gasteiger partial charge in [-0.05, 0) is 52.4 Å². The van der Waals surface area contributed by atoms with E-state index in [0.29, 0.717) is 6.54 Å². The van der Waals surface area contributed by atoms with Crippen LogP contribution in [0.15, 0.2) is 59.7 Å². The fourth-order valence-electron chi connectivity index (χ4n) is 2.31. The van der Waals surface area contributed by atoms with Crippen molar-refractivity contribution in [3.05, 3.63) is 63.7 Å². The molecule has 1 aliphatic heterocycles. The van der Waals surface area contributed by atoms with Gasteiger partial charge in [0.15, 0.2) is 0 Å². The lowest BCUT2D eigenvalue weighted by atomic mass is 10.1. The molecule has 22 heavy (non-hydrogen) atoms. The van der Waals surface area contributed by atoms with Gasteiger partial charge < -0.3 is 5.32 Å². The van der Waals surface area contributed by atoms with Crippen molar-refractivity contribution in [2.45, 2.75) is 6.42 Å². The minimum Gasteiger partial charge on any atom is -0.376 e. The van der Waals surface area contributed by atoms with E-state index in [1.54, 1.807) is 5.01 Å². The monoisotopic (exact) mass is 405 g/mol. The van der Waals surface area contributed by atoms with Crippen LogP contribution in [0.3, 0.4) is 0 Å². The molecule has 0 spiro atoms. The topological polar surface area (TPSA) is 44.7 Å². The number of hydrogen-bond donors (Lipinski definition) is 1. The number of benzene rings is 2. The zero-order valence-electron chi connectivity index (χ0n) is 12.0. The number of carbonyl (C=O) groups excluding carboxylic acids is 1. The minimum absolute atomic E-state index is 0.00974. The fraction of sp³-hybridized carbons (Fsp3) is 0.176. The Bertz CT molecular complexity index is 683. The van der Waals surface area contributed by atoms with Crippen LogP contribution < -0.4 is 5.32 Å². The number of anilines is 1.